The minimum Gasteiger partial charge on any atom is -0.314 e. The van der Waals surface area contributed by atoms with Crippen molar-refractivity contribution in [3.05, 3.63) is 27.4 Å². The Hall–Kier alpha value is -1.16. The predicted octanol–water partition coefficient (Wildman–Crippen LogP) is 0.553. The lowest BCUT2D eigenvalue weighted by Gasteiger charge is -2.12. The molecule has 1 saturated heterocycles. The van der Waals surface area contributed by atoms with Crippen molar-refractivity contribution >= 4 is 0 Å². The lowest BCUT2D eigenvalue weighted by Crippen LogP contribution is -2.27. The standard InChI is InChI=1S/C12H17N3O/c16-12-14-10-5-1-4-9(10)11(15-12)7-8-3-2-6-13-8/h8,13H,1-7H2,(H,14,15,16). The number of H-pyrrole nitrogens is 1. The fraction of sp³-hybridized carbons (Fsp3) is 0.667. The Morgan fingerprint density at radius 3 is 3.06 bits per heavy atom. The molecule has 1 aromatic rings. The molecule has 86 valence electrons. The Morgan fingerprint density at radius 2 is 2.25 bits per heavy atom. The van der Waals surface area contributed by atoms with Crippen LogP contribution in [0.3, 0.4) is 0 Å². The van der Waals surface area contributed by atoms with E-state index in [-0.39, 0.29) is 5.69 Å². The molecule has 1 atom stereocenters. The van der Waals surface area contributed by atoms with E-state index in [1.165, 1.54) is 18.4 Å². The van der Waals surface area contributed by atoms with Crippen molar-refractivity contribution in [2.75, 3.05) is 6.54 Å². The van der Waals surface area contributed by atoms with E-state index in [0.717, 1.165) is 43.6 Å². The molecular weight excluding hydrogens is 202 g/mol. The number of rotatable bonds is 2. The van der Waals surface area contributed by atoms with Crippen LogP contribution >= 0.6 is 0 Å². The van der Waals surface area contributed by atoms with Gasteiger partial charge in [0.05, 0.1) is 5.69 Å². The summed E-state index contributed by atoms with van der Waals surface area (Å²) in [5, 5.41) is 3.46. The Morgan fingerprint density at radius 1 is 1.31 bits per heavy atom. The fourth-order valence-corrected chi connectivity index (χ4v) is 2.88. The van der Waals surface area contributed by atoms with Crippen LogP contribution in [0.25, 0.3) is 0 Å². The van der Waals surface area contributed by atoms with Gasteiger partial charge in [-0.2, -0.15) is 4.98 Å². The van der Waals surface area contributed by atoms with Gasteiger partial charge in [-0.3, -0.25) is 0 Å². The molecule has 1 unspecified atom stereocenters. The van der Waals surface area contributed by atoms with E-state index in [1.807, 2.05) is 0 Å². The summed E-state index contributed by atoms with van der Waals surface area (Å²) in [7, 11) is 0. The van der Waals surface area contributed by atoms with Gasteiger partial charge in [-0.15, -0.1) is 0 Å². The van der Waals surface area contributed by atoms with Crippen molar-refractivity contribution in [3.8, 4) is 0 Å². The summed E-state index contributed by atoms with van der Waals surface area (Å²) in [6.07, 6.45) is 6.63. The number of aromatic nitrogens is 2. The largest absolute Gasteiger partial charge is 0.345 e. The zero-order valence-electron chi connectivity index (χ0n) is 9.38. The first-order valence-corrected chi connectivity index (χ1v) is 6.17. The summed E-state index contributed by atoms with van der Waals surface area (Å²) in [5.41, 5.74) is 3.31. The molecule has 2 N–H and O–H groups in total. The Balaban J connectivity index is 1.90. The second kappa shape index (κ2) is 4.01. The van der Waals surface area contributed by atoms with Crippen LogP contribution in [0, 0.1) is 0 Å². The summed E-state index contributed by atoms with van der Waals surface area (Å²) < 4.78 is 0. The monoisotopic (exact) mass is 219 g/mol. The smallest absolute Gasteiger partial charge is 0.314 e. The van der Waals surface area contributed by atoms with Crippen LogP contribution in [0.15, 0.2) is 4.79 Å². The van der Waals surface area contributed by atoms with Crippen molar-refractivity contribution < 1.29 is 0 Å². The van der Waals surface area contributed by atoms with E-state index in [9.17, 15) is 4.79 Å². The summed E-state index contributed by atoms with van der Waals surface area (Å²) in [4.78, 5) is 18.5. The highest BCUT2D eigenvalue weighted by Crippen LogP contribution is 2.22. The van der Waals surface area contributed by atoms with Gasteiger partial charge in [0.15, 0.2) is 0 Å². The maximum atomic E-state index is 11.4. The van der Waals surface area contributed by atoms with Crippen LogP contribution in [0.4, 0.5) is 0 Å². The number of aryl methyl sites for hydroxylation is 1. The minimum absolute atomic E-state index is 0.173. The Labute approximate surface area is 94.5 Å². The summed E-state index contributed by atoms with van der Waals surface area (Å²) in [6, 6.07) is 0.527. The van der Waals surface area contributed by atoms with E-state index < -0.39 is 0 Å². The van der Waals surface area contributed by atoms with Crippen LogP contribution in [0.1, 0.15) is 36.2 Å². The zero-order valence-corrected chi connectivity index (χ0v) is 9.38. The number of hydrogen-bond acceptors (Lipinski definition) is 3. The Bertz CT molecular complexity index is 446. The van der Waals surface area contributed by atoms with E-state index in [4.69, 9.17) is 0 Å². The zero-order chi connectivity index (χ0) is 11.0. The van der Waals surface area contributed by atoms with Gasteiger partial charge in [0.2, 0.25) is 0 Å². The molecule has 4 heteroatoms. The molecule has 0 saturated carbocycles. The average Bonchev–Trinajstić information content (AvgIpc) is 2.87. The van der Waals surface area contributed by atoms with Crippen LogP contribution < -0.4 is 11.0 Å². The van der Waals surface area contributed by atoms with Crippen LogP contribution in [0.5, 0.6) is 0 Å². The first-order valence-electron chi connectivity index (χ1n) is 6.17. The molecule has 1 aliphatic carbocycles. The molecule has 1 fully saturated rings. The lowest BCUT2D eigenvalue weighted by molar-refractivity contribution is 0.589. The van der Waals surface area contributed by atoms with E-state index in [1.54, 1.807) is 0 Å². The van der Waals surface area contributed by atoms with E-state index >= 15 is 0 Å². The van der Waals surface area contributed by atoms with Crippen LogP contribution in [-0.4, -0.2) is 22.6 Å². The van der Waals surface area contributed by atoms with Gasteiger partial charge in [0.25, 0.3) is 0 Å². The third kappa shape index (κ3) is 1.78. The van der Waals surface area contributed by atoms with Gasteiger partial charge < -0.3 is 10.3 Å². The Kier molecular flexibility index (Phi) is 2.52. The normalized spacial score (nSPS) is 23.6. The molecule has 1 aliphatic heterocycles. The van der Waals surface area contributed by atoms with Crippen molar-refractivity contribution in [2.45, 2.75) is 44.6 Å². The molecule has 2 heterocycles. The topological polar surface area (TPSA) is 57.8 Å². The molecule has 1 aromatic heterocycles. The van der Waals surface area contributed by atoms with Crippen LogP contribution in [0.2, 0.25) is 0 Å². The second-order valence-corrected chi connectivity index (χ2v) is 4.80. The first-order chi connectivity index (χ1) is 7.83. The molecule has 4 nitrogen and oxygen atoms in total. The van der Waals surface area contributed by atoms with Gasteiger partial charge in [-0.25, -0.2) is 4.79 Å². The molecule has 16 heavy (non-hydrogen) atoms. The third-order valence-corrected chi connectivity index (χ3v) is 3.66. The van der Waals surface area contributed by atoms with Gasteiger partial charge >= 0.3 is 5.69 Å². The maximum absolute atomic E-state index is 11.4. The number of fused-ring (bicyclic) bond motifs is 1. The molecule has 0 spiro atoms. The number of nitrogens with one attached hydrogen (secondary N) is 2. The lowest BCUT2D eigenvalue weighted by atomic mass is 10.0. The van der Waals surface area contributed by atoms with E-state index in [0.29, 0.717) is 6.04 Å². The number of nitrogens with zero attached hydrogens (tertiary/aromatic N) is 1. The highest BCUT2D eigenvalue weighted by molar-refractivity contribution is 5.29. The SMILES string of the molecule is O=c1nc(CC2CCCN2)c2c([nH]1)CCC2. The van der Waals surface area contributed by atoms with Crippen molar-refractivity contribution in [1.82, 2.24) is 15.3 Å². The van der Waals surface area contributed by atoms with E-state index in [2.05, 4.69) is 15.3 Å². The molecule has 0 aromatic carbocycles. The molecule has 0 radical (unpaired) electrons. The van der Waals surface area contributed by atoms with Gasteiger partial charge in [-0.05, 0) is 44.2 Å². The highest BCUT2D eigenvalue weighted by Gasteiger charge is 2.21. The first kappa shape index (κ1) is 10.0. The summed E-state index contributed by atoms with van der Waals surface area (Å²) in [6.45, 7) is 1.11. The van der Waals surface area contributed by atoms with Crippen molar-refractivity contribution in [2.24, 2.45) is 0 Å². The summed E-state index contributed by atoms with van der Waals surface area (Å²) in [5.74, 6) is 0. The van der Waals surface area contributed by atoms with Gasteiger partial charge in [-0.1, -0.05) is 0 Å². The van der Waals surface area contributed by atoms with Crippen LogP contribution in [-0.2, 0) is 19.3 Å². The quantitative estimate of drug-likeness (QED) is 0.764. The molecule has 0 amide bonds. The molecule has 0 bridgehead atoms. The maximum Gasteiger partial charge on any atom is 0.345 e. The van der Waals surface area contributed by atoms with Crippen molar-refractivity contribution in [1.29, 1.82) is 0 Å². The average molecular weight is 219 g/mol. The fourth-order valence-electron chi connectivity index (χ4n) is 2.88. The highest BCUT2D eigenvalue weighted by atomic mass is 16.1. The summed E-state index contributed by atoms with van der Waals surface area (Å²) >= 11 is 0. The second-order valence-electron chi connectivity index (χ2n) is 4.80. The van der Waals surface area contributed by atoms with Gasteiger partial charge in [0.1, 0.15) is 0 Å². The molecule has 3 rings (SSSR count). The molecule has 2 aliphatic rings. The predicted molar refractivity (Wildman–Crippen MR) is 61.6 cm³/mol. The third-order valence-electron chi connectivity index (χ3n) is 3.66. The number of aromatic amines is 1. The minimum atomic E-state index is -0.173. The number of hydrogen-bond donors (Lipinski definition) is 2. The van der Waals surface area contributed by atoms with Crippen molar-refractivity contribution in [3.63, 3.8) is 0 Å². The van der Waals surface area contributed by atoms with Gasteiger partial charge in [0, 0.05) is 18.2 Å². The molecular formula is C12H17N3O.